The largest absolute Gasteiger partial charge is 0.484 e. The molecule has 2 aromatic carbocycles. The number of ether oxygens (including phenoxy) is 1. The number of rotatable bonds is 9. The van der Waals surface area contributed by atoms with Gasteiger partial charge in [0.2, 0.25) is 0 Å². The Morgan fingerprint density at radius 3 is 2.63 bits per heavy atom. The maximum Gasteiger partial charge on any atom is 0.255 e. The molecule has 3 aromatic rings. The predicted molar refractivity (Wildman–Crippen MR) is 119 cm³/mol. The van der Waals surface area contributed by atoms with Gasteiger partial charge in [-0.3, -0.25) is 14.3 Å². The van der Waals surface area contributed by atoms with Crippen LogP contribution in [0.4, 0.5) is 0 Å². The van der Waals surface area contributed by atoms with Gasteiger partial charge in [-0.1, -0.05) is 35.5 Å². The summed E-state index contributed by atoms with van der Waals surface area (Å²) in [6, 6.07) is 15.3. The minimum atomic E-state index is -0.506. The van der Waals surface area contributed by atoms with Gasteiger partial charge in [-0.25, -0.2) is 0 Å². The molecule has 9 heteroatoms. The number of nitrogens with two attached hydrogens (primary N) is 1. The second-order valence-electron chi connectivity index (χ2n) is 6.98. The molecular formula is C21H24ClN5O2S. The fourth-order valence-corrected chi connectivity index (χ4v) is 3.76. The number of hydrogen-bond donors (Lipinski definition) is 1. The molecular weight excluding hydrogens is 422 g/mol. The van der Waals surface area contributed by atoms with Crippen LogP contribution in [0.5, 0.6) is 5.75 Å². The van der Waals surface area contributed by atoms with Crippen molar-refractivity contribution in [3.63, 3.8) is 0 Å². The van der Waals surface area contributed by atoms with Crippen molar-refractivity contribution in [3.05, 3.63) is 64.9 Å². The highest BCUT2D eigenvalue weighted by Gasteiger charge is 2.21. The lowest BCUT2D eigenvalue weighted by atomic mass is 10.2. The van der Waals surface area contributed by atoms with Gasteiger partial charge >= 0.3 is 0 Å². The van der Waals surface area contributed by atoms with E-state index in [2.05, 4.69) is 26.6 Å². The summed E-state index contributed by atoms with van der Waals surface area (Å²) in [5.41, 5.74) is 7.13. The lowest BCUT2D eigenvalue weighted by Crippen LogP contribution is -2.20. The van der Waals surface area contributed by atoms with E-state index in [-0.39, 0.29) is 12.6 Å². The van der Waals surface area contributed by atoms with Crippen molar-refractivity contribution >= 4 is 29.3 Å². The number of amides is 1. The van der Waals surface area contributed by atoms with E-state index >= 15 is 0 Å². The number of carbonyl (C=O) groups is 1. The number of benzene rings is 2. The molecule has 1 amide bonds. The van der Waals surface area contributed by atoms with E-state index in [1.807, 2.05) is 56.6 Å². The van der Waals surface area contributed by atoms with Crippen LogP contribution in [0.25, 0.3) is 5.69 Å². The van der Waals surface area contributed by atoms with Crippen molar-refractivity contribution in [2.24, 2.45) is 5.73 Å². The summed E-state index contributed by atoms with van der Waals surface area (Å²) in [7, 11) is 4.02. The minimum Gasteiger partial charge on any atom is -0.484 e. The van der Waals surface area contributed by atoms with Crippen LogP contribution in [0.1, 0.15) is 24.4 Å². The molecule has 0 saturated heterocycles. The van der Waals surface area contributed by atoms with Gasteiger partial charge in [-0.05, 0) is 63.0 Å². The molecule has 2 N–H and O–H groups in total. The summed E-state index contributed by atoms with van der Waals surface area (Å²) in [6.07, 6.45) is 0. The van der Waals surface area contributed by atoms with E-state index in [1.165, 1.54) is 0 Å². The van der Waals surface area contributed by atoms with Gasteiger partial charge in [-0.2, -0.15) is 0 Å². The predicted octanol–water partition coefficient (Wildman–Crippen LogP) is 3.70. The normalized spacial score (nSPS) is 12.2. The number of nitrogens with zero attached hydrogens (tertiary/aromatic N) is 4. The van der Waals surface area contributed by atoms with Crippen molar-refractivity contribution in [2.75, 3.05) is 20.7 Å². The highest BCUT2D eigenvalue weighted by molar-refractivity contribution is 7.98. The summed E-state index contributed by atoms with van der Waals surface area (Å²) in [6.45, 7) is 1.94. The number of aromatic nitrogens is 3. The molecule has 30 heavy (non-hydrogen) atoms. The zero-order valence-electron chi connectivity index (χ0n) is 17.1. The molecule has 0 bridgehead atoms. The number of halogens is 1. The summed E-state index contributed by atoms with van der Waals surface area (Å²) < 4.78 is 7.45. The van der Waals surface area contributed by atoms with E-state index in [9.17, 15) is 4.79 Å². The number of primary amides is 1. The fraction of sp³-hybridized carbons (Fsp3) is 0.286. The quantitative estimate of drug-likeness (QED) is 0.505. The fourth-order valence-electron chi connectivity index (χ4n) is 2.74. The van der Waals surface area contributed by atoms with E-state index in [0.29, 0.717) is 16.5 Å². The molecule has 1 heterocycles. The molecule has 7 nitrogen and oxygen atoms in total. The summed E-state index contributed by atoms with van der Waals surface area (Å²) in [4.78, 5) is 13.0. The molecule has 1 aromatic heterocycles. The monoisotopic (exact) mass is 445 g/mol. The smallest absolute Gasteiger partial charge is 0.255 e. The van der Waals surface area contributed by atoms with Gasteiger partial charge in [0.1, 0.15) is 5.75 Å². The Hall–Kier alpha value is -2.55. The molecule has 0 fully saturated rings. The van der Waals surface area contributed by atoms with Crippen LogP contribution in [0, 0.1) is 0 Å². The van der Waals surface area contributed by atoms with Crippen molar-refractivity contribution < 1.29 is 9.53 Å². The molecule has 0 spiro atoms. The van der Waals surface area contributed by atoms with Crippen LogP contribution < -0.4 is 10.5 Å². The Morgan fingerprint density at radius 2 is 1.97 bits per heavy atom. The van der Waals surface area contributed by atoms with Crippen molar-refractivity contribution in [1.82, 2.24) is 19.7 Å². The average Bonchev–Trinajstić information content (AvgIpc) is 3.14. The SMILES string of the molecule is CC(c1nnc(SCc2cccc(OCC(N)=O)c2)n1-c1ccc(Cl)cc1)N(C)C. The third-order valence-corrected chi connectivity index (χ3v) is 5.79. The second-order valence-corrected chi connectivity index (χ2v) is 8.36. The number of thioether (sulfide) groups is 1. The first-order valence-corrected chi connectivity index (χ1v) is 10.7. The highest BCUT2D eigenvalue weighted by Crippen LogP contribution is 2.30. The maximum absolute atomic E-state index is 10.9. The lowest BCUT2D eigenvalue weighted by molar-refractivity contribution is -0.119. The molecule has 0 radical (unpaired) electrons. The van der Waals surface area contributed by atoms with Crippen molar-refractivity contribution in [3.8, 4) is 11.4 Å². The third-order valence-electron chi connectivity index (χ3n) is 4.54. The summed E-state index contributed by atoms with van der Waals surface area (Å²) in [5, 5.41) is 10.4. The van der Waals surface area contributed by atoms with Gasteiger partial charge in [0.15, 0.2) is 17.6 Å². The van der Waals surface area contributed by atoms with Gasteiger partial charge in [0, 0.05) is 16.5 Å². The lowest BCUT2D eigenvalue weighted by Gasteiger charge is -2.20. The van der Waals surface area contributed by atoms with Crippen LogP contribution in [-0.4, -0.2) is 46.3 Å². The molecule has 0 saturated carbocycles. The Labute approximate surface area is 185 Å². The maximum atomic E-state index is 10.9. The molecule has 158 valence electrons. The number of carbonyl (C=O) groups excluding carboxylic acids is 1. The Kier molecular flexibility index (Phi) is 7.36. The summed E-state index contributed by atoms with van der Waals surface area (Å²) >= 11 is 7.65. The molecule has 1 atom stereocenters. The van der Waals surface area contributed by atoms with Crippen LogP contribution in [0.3, 0.4) is 0 Å². The van der Waals surface area contributed by atoms with E-state index in [1.54, 1.807) is 17.8 Å². The van der Waals surface area contributed by atoms with E-state index < -0.39 is 5.91 Å². The van der Waals surface area contributed by atoms with Crippen LogP contribution in [0.2, 0.25) is 5.02 Å². The standard InChI is InChI=1S/C21H24ClN5O2S/c1-14(26(2)3)20-24-25-21(27(20)17-9-7-16(22)8-10-17)30-13-15-5-4-6-18(11-15)29-12-19(23)28/h4-11,14H,12-13H2,1-3H3,(H2,23,28). The average molecular weight is 446 g/mol. The van der Waals surface area contributed by atoms with Gasteiger partial charge in [-0.15, -0.1) is 10.2 Å². The van der Waals surface area contributed by atoms with Gasteiger partial charge in [0.05, 0.1) is 6.04 Å². The molecule has 1 unspecified atom stereocenters. The van der Waals surface area contributed by atoms with Gasteiger partial charge < -0.3 is 10.5 Å². The Bertz CT molecular complexity index is 1010. The second kappa shape index (κ2) is 9.97. The van der Waals surface area contributed by atoms with Crippen molar-refractivity contribution in [2.45, 2.75) is 23.9 Å². The van der Waals surface area contributed by atoms with Crippen molar-refractivity contribution in [1.29, 1.82) is 0 Å². The van der Waals surface area contributed by atoms with Gasteiger partial charge in [0.25, 0.3) is 5.91 Å². The molecule has 0 aliphatic heterocycles. The minimum absolute atomic E-state index is 0.0769. The summed E-state index contributed by atoms with van der Waals surface area (Å²) in [5.74, 6) is 1.61. The Morgan fingerprint density at radius 1 is 1.23 bits per heavy atom. The highest BCUT2D eigenvalue weighted by atomic mass is 35.5. The zero-order chi connectivity index (χ0) is 21.7. The first kappa shape index (κ1) is 22.1. The Balaban J connectivity index is 1.85. The zero-order valence-corrected chi connectivity index (χ0v) is 18.7. The number of hydrogen-bond acceptors (Lipinski definition) is 6. The van der Waals surface area contributed by atoms with Crippen LogP contribution in [-0.2, 0) is 10.5 Å². The molecule has 0 aliphatic carbocycles. The van der Waals surface area contributed by atoms with Crippen LogP contribution >= 0.6 is 23.4 Å². The van der Waals surface area contributed by atoms with E-state index in [4.69, 9.17) is 22.1 Å². The molecule has 3 rings (SSSR count). The van der Waals surface area contributed by atoms with Crippen LogP contribution in [0.15, 0.2) is 53.7 Å². The topological polar surface area (TPSA) is 86.3 Å². The van der Waals surface area contributed by atoms with E-state index in [0.717, 1.165) is 22.2 Å². The third kappa shape index (κ3) is 5.53. The first-order valence-electron chi connectivity index (χ1n) is 9.35. The first-order chi connectivity index (χ1) is 14.3. The molecule has 0 aliphatic rings.